The van der Waals surface area contributed by atoms with Crippen LogP contribution in [0.2, 0.25) is 0 Å². The van der Waals surface area contributed by atoms with Gasteiger partial charge in [-0.2, -0.15) is 0 Å². The summed E-state index contributed by atoms with van der Waals surface area (Å²) < 4.78 is 11.1. The SMILES string of the molecule is COCCN(Cc1nc2ccccc2c(=O)[nH]1)C(=O)COc1cc(C)ccc1C(C)C. The van der Waals surface area contributed by atoms with Gasteiger partial charge in [-0.1, -0.05) is 38.1 Å². The number of para-hydroxylation sites is 1. The van der Waals surface area contributed by atoms with Gasteiger partial charge in [0.05, 0.1) is 24.1 Å². The summed E-state index contributed by atoms with van der Waals surface area (Å²) in [4.78, 5) is 34.2. The number of benzene rings is 2. The molecule has 7 nitrogen and oxygen atoms in total. The highest BCUT2D eigenvalue weighted by molar-refractivity contribution is 5.78. The number of aryl methyl sites for hydroxylation is 1. The molecule has 2 aromatic carbocycles. The van der Waals surface area contributed by atoms with E-state index in [4.69, 9.17) is 9.47 Å². The molecule has 0 unspecified atom stereocenters. The standard InChI is InChI=1S/C24H29N3O4/c1-16(2)18-10-9-17(3)13-21(18)31-15-23(28)27(11-12-30-4)14-22-25-20-8-6-5-7-19(20)24(29)26-22/h5-10,13,16H,11-12,14-15H2,1-4H3,(H,25,26,29). The molecule has 0 atom stereocenters. The number of methoxy groups -OCH3 is 1. The number of aromatic nitrogens is 2. The van der Waals surface area contributed by atoms with Crippen LogP contribution in [0.15, 0.2) is 47.3 Å². The number of carbonyl (C=O) groups is 1. The van der Waals surface area contributed by atoms with Crippen LogP contribution in [0.3, 0.4) is 0 Å². The van der Waals surface area contributed by atoms with E-state index in [1.807, 2.05) is 31.2 Å². The number of H-pyrrole nitrogens is 1. The van der Waals surface area contributed by atoms with E-state index in [2.05, 4.69) is 23.8 Å². The number of aromatic amines is 1. The summed E-state index contributed by atoms with van der Waals surface area (Å²) in [7, 11) is 1.58. The molecule has 0 spiro atoms. The second-order valence-corrected chi connectivity index (χ2v) is 7.82. The average molecular weight is 424 g/mol. The van der Waals surface area contributed by atoms with Crippen LogP contribution < -0.4 is 10.3 Å². The first-order chi connectivity index (χ1) is 14.9. The molecule has 1 N–H and O–H groups in total. The van der Waals surface area contributed by atoms with E-state index in [9.17, 15) is 9.59 Å². The second kappa shape index (κ2) is 10.2. The van der Waals surface area contributed by atoms with Crippen molar-refractivity contribution in [1.82, 2.24) is 14.9 Å². The summed E-state index contributed by atoms with van der Waals surface area (Å²) in [5.74, 6) is 1.21. The molecule has 3 aromatic rings. The van der Waals surface area contributed by atoms with Crippen LogP contribution in [0.5, 0.6) is 5.75 Å². The van der Waals surface area contributed by atoms with Crippen LogP contribution in [-0.4, -0.2) is 47.6 Å². The molecule has 0 bridgehead atoms. The lowest BCUT2D eigenvalue weighted by Gasteiger charge is -2.23. The first-order valence-corrected chi connectivity index (χ1v) is 10.4. The molecule has 1 aromatic heterocycles. The van der Waals surface area contributed by atoms with E-state index in [0.717, 1.165) is 11.1 Å². The Morgan fingerprint density at radius 1 is 1.19 bits per heavy atom. The Morgan fingerprint density at radius 2 is 1.97 bits per heavy atom. The Balaban J connectivity index is 1.77. The Kier molecular flexibility index (Phi) is 7.41. The average Bonchev–Trinajstić information content (AvgIpc) is 2.74. The van der Waals surface area contributed by atoms with Gasteiger partial charge in [0.2, 0.25) is 0 Å². The molecule has 3 rings (SSSR count). The van der Waals surface area contributed by atoms with Crippen LogP contribution >= 0.6 is 0 Å². The van der Waals surface area contributed by atoms with Crippen molar-refractivity contribution in [2.75, 3.05) is 26.9 Å². The zero-order chi connectivity index (χ0) is 22.4. The third kappa shape index (κ3) is 5.70. The summed E-state index contributed by atoms with van der Waals surface area (Å²) in [5, 5.41) is 0.519. The van der Waals surface area contributed by atoms with Crippen molar-refractivity contribution >= 4 is 16.8 Å². The van der Waals surface area contributed by atoms with Crippen molar-refractivity contribution in [3.05, 3.63) is 69.8 Å². The number of ether oxygens (including phenoxy) is 2. The minimum absolute atomic E-state index is 0.106. The normalized spacial score (nSPS) is 11.1. The van der Waals surface area contributed by atoms with E-state index in [0.29, 0.717) is 35.6 Å². The largest absolute Gasteiger partial charge is 0.483 e. The molecule has 0 radical (unpaired) electrons. The molecular formula is C24H29N3O4. The summed E-state index contributed by atoms with van der Waals surface area (Å²) in [5.41, 5.74) is 2.50. The van der Waals surface area contributed by atoms with Gasteiger partial charge in [-0.05, 0) is 42.2 Å². The van der Waals surface area contributed by atoms with Crippen LogP contribution in [0.25, 0.3) is 10.9 Å². The van der Waals surface area contributed by atoms with E-state index >= 15 is 0 Å². The quantitative estimate of drug-likeness (QED) is 0.570. The molecule has 0 saturated heterocycles. The fourth-order valence-corrected chi connectivity index (χ4v) is 3.36. The maximum absolute atomic E-state index is 13.0. The smallest absolute Gasteiger partial charge is 0.260 e. The number of rotatable bonds is 9. The summed E-state index contributed by atoms with van der Waals surface area (Å²) in [6.07, 6.45) is 0. The van der Waals surface area contributed by atoms with Gasteiger partial charge in [0.15, 0.2) is 6.61 Å². The first-order valence-electron chi connectivity index (χ1n) is 10.4. The van der Waals surface area contributed by atoms with Gasteiger partial charge in [-0.3, -0.25) is 9.59 Å². The van der Waals surface area contributed by atoms with Gasteiger partial charge in [-0.25, -0.2) is 4.98 Å². The highest BCUT2D eigenvalue weighted by Crippen LogP contribution is 2.27. The summed E-state index contributed by atoms with van der Waals surface area (Å²) in [6.45, 7) is 6.95. The number of hydrogen-bond donors (Lipinski definition) is 1. The lowest BCUT2D eigenvalue weighted by molar-refractivity contribution is -0.134. The van der Waals surface area contributed by atoms with Gasteiger partial charge < -0.3 is 19.4 Å². The molecule has 7 heteroatoms. The number of nitrogens with zero attached hydrogens (tertiary/aromatic N) is 2. The zero-order valence-corrected chi connectivity index (χ0v) is 18.5. The van der Waals surface area contributed by atoms with Crippen LogP contribution in [0.1, 0.15) is 36.7 Å². The van der Waals surface area contributed by atoms with Crippen molar-refractivity contribution in [3.63, 3.8) is 0 Å². The Hall–Kier alpha value is -3.19. The maximum atomic E-state index is 13.0. The van der Waals surface area contributed by atoms with Crippen molar-refractivity contribution < 1.29 is 14.3 Å². The second-order valence-electron chi connectivity index (χ2n) is 7.82. The van der Waals surface area contributed by atoms with Gasteiger partial charge in [-0.15, -0.1) is 0 Å². The van der Waals surface area contributed by atoms with Crippen molar-refractivity contribution in [3.8, 4) is 5.75 Å². The molecule has 1 amide bonds. The zero-order valence-electron chi connectivity index (χ0n) is 18.5. The van der Waals surface area contributed by atoms with Crippen LogP contribution in [-0.2, 0) is 16.1 Å². The summed E-state index contributed by atoms with van der Waals surface area (Å²) in [6, 6.07) is 13.1. The first kappa shape index (κ1) is 22.5. The van der Waals surface area contributed by atoms with Crippen molar-refractivity contribution in [1.29, 1.82) is 0 Å². The van der Waals surface area contributed by atoms with Gasteiger partial charge in [0, 0.05) is 13.7 Å². The molecule has 0 aliphatic heterocycles. The minimum atomic E-state index is -0.225. The van der Waals surface area contributed by atoms with Crippen molar-refractivity contribution in [2.24, 2.45) is 0 Å². The molecular weight excluding hydrogens is 394 g/mol. The van der Waals surface area contributed by atoms with E-state index in [1.54, 1.807) is 30.2 Å². The molecule has 31 heavy (non-hydrogen) atoms. The number of carbonyl (C=O) groups excluding carboxylic acids is 1. The molecule has 0 aliphatic rings. The highest BCUT2D eigenvalue weighted by atomic mass is 16.5. The van der Waals surface area contributed by atoms with E-state index < -0.39 is 0 Å². The molecule has 164 valence electrons. The maximum Gasteiger partial charge on any atom is 0.260 e. The van der Waals surface area contributed by atoms with E-state index in [1.165, 1.54) is 0 Å². The molecule has 1 heterocycles. The molecule has 0 saturated carbocycles. The number of nitrogens with one attached hydrogen (secondary N) is 1. The third-order valence-electron chi connectivity index (χ3n) is 5.06. The number of hydrogen-bond acceptors (Lipinski definition) is 5. The van der Waals surface area contributed by atoms with Crippen LogP contribution in [0, 0.1) is 6.92 Å². The lowest BCUT2D eigenvalue weighted by Crippen LogP contribution is -2.37. The lowest BCUT2D eigenvalue weighted by atomic mass is 10.0. The Labute approximate surface area is 182 Å². The Bertz CT molecular complexity index is 1110. The summed E-state index contributed by atoms with van der Waals surface area (Å²) >= 11 is 0. The highest BCUT2D eigenvalue weighted by Gasteiger charge is 2.18. The Morgan fingerprint density at radius 3 is 2.71 bits per heavy atom. The molecule has 0 aliphatic carbocycles. The monoisotopic (exact) mass is 423 g/mol. The number of amides is 1. The minimum Gasteiger partial charge on any atom is -0.483 e. The fourth-order valence-electron chi connectivity index (χ4n) is 3.36. The van der Waals surface area contributed by atoms with E-state index in [-0.39, 0.29) is 30.5 Å². The molecule has 0 fully saturated rings. The predicted molar refractivity (Wildman–Crippen MR) is 120 cm³/mol. The topological polar surface area (TPSA) is 84.5 Å². The third-order valence-corrected chi connectivity index (χ3v) is 5.06. The van der Waals surface area contributed by atoms with Crippen LogP contribution in [0.4, 0.5) is 0 Å². The number of fused-ring (bicyclic) bond motifs is 1. The predicted octanol–water partition coefficient (Wildman–Crippen LogP) is 3.41. The van der Waals surface area contributed by atoms with Crippen molar-refractivity contribution in [2.45, 2.75) is 33.2 Å². The van der Waals surface area contributed by atoms with Gasteiger partial charge >= 0.3 is 0 Å². The van der Waals surface area contributed by atoms with Gasteiger partial charge in [0.1, 0.15) is 11.6 Å². The fraction of sp³-hybridized carbons (Fsp3) is 0.375. The van der Waals surface area contributed by atoms with Gasteiger partial charge in [0.25, 0.3) is 11.5 Å².